The second kappa shape index (κ2) is 9.85. The van der Waals surface area contributed by atoms with Gasteiger partial charge in [-0.3, -0.25) is 14.5 Å². The molecule has 0 atom stereocenters. The fourth-order valence-corrected chi connectivity index (χ4v) is 2.56. The van der Waals surface area contributed by atoms with E-state index in [9.17, 15) is 9.59 Å². The fourth-order valence-electron chi connectivity index (χ4n) is 2.56. The number of hydrogen-bond donors (Lipinski definition) is 2. The van der Waals surface area contributed by atoms with Crippen molar-refractivity contribution in [1.82, 2.24) is 15.5 Å². The molecule has 1 aromatic rings. The van der Waals surface area contributed by atoms with Crippen molar-refractivity contribution in [3.63, 3.8) is 0 Å². The Hall–Kier alpha value is -2.32. The van der Waals surface area contributed by atoms with Gasteiger partial charge >= 0.3 is 0 Å². The fraction of sp³-hybridized carbons (Fsp3) is 0.529. The summed E-state index contributed by atoms with van der Waals surface area (Å²) in [5.41, 5.74) is 0.272. The molecule has 2 amide bonds. The van der Waals surface area contributed by atoms with Crippen LogP contribution in [0.5, 0.6) is 11.5 Å². The van der Waals surface area contributed by atoms with Crippen LogP contribution < -0.4 is 20.1 Å². The summed E-state index contributed by atoms with van der Waals surface area (Å²) in [6.45, 7) is 4.40. The van der Waals surface area contributed by atoms with Crippen LogP contribution in [-0.4, -0.2) is 76.9 Å². The summed E-state index contributed by atoms with van der Waals surface area (Å²) in [6, 6.07) is 5.06. The summed E-state index contributed by atoms with van der Waals surface area (Å²) >= 11 is 0. The van der Waals surface area contributed by atoms with E-state index in [0.29, 0.717) is 18.0 Å². The Kier molecular flexibility index (Phi) is 7.49. The van der Waals surface area contributed by atoms with E-state index < -0.39 is 5.91 Å². The van der Waals surface area contributed by atoms with Crippen molar-refractivity contribution in [2.24, 2.45) is 0 Å². The topological polar surface area (TPSA) is 89.1 Å². The summed E-state index contributed by atoms with van der Waals surface area (Å²) in [5, 5.41) is 5.39. The quantitative estimate of drug-likeness (QED) is 0.679. The van der Waals surface area contributed by atoms with Crippen molar-refractivity contribution >= 4 is 11.8 Å². The van der Waals surface area contributed by atoms with Crippen LogP contribution >= 0.6 is 0 Å². The average Bonchev–Trinajstić information content (AvgIpc) is 2.66. The van der Waals surface area contributed by atoms with E-state index in [1.807, 2.05) is 0 Å². The third-order valence-corrected chi connectivity index (χ3v) is 3.92. The second-order valence-electron chi connectivity index (χ2n) is 5.52. The normalized spacial score (nSPS) is 14.6. The Morgan fingerprint density at radius 3 is 2.36 bits per heavy atom. The number of carbonyl (C=O) groups is 2. The van der Waals surface area contributed by atoms with Crippen LogP contribution in [0.1, 0.15) is 10.4 Å². The third kappa shape index (κ3) is 5.61. The summed E-state index contributed by atoms with van der Waals surface area (Å²) in [6.07, 6.45) is 0. The van der Waals surface area contributed by atoms with Crippen LogP contribution in [0.25, 0.3) is 0 Å². The van der Waals surface area contributed by atoms with E-state index in [-0.39, 0.29) is 18.0 Å². The minimum absolute atomic E-state index is 0.108. The molecule has 25 heavy (non-hydrogen) atoms. The van der Waals surface area contributed by atoms with Crippen molar-refractivity contribution < 1.29 is 23.8 Å². The van der Waals surface area contributed by atoms with Crippen LogP contribution in [0.2, 0.25) is 0 Å². The molecule has 0 saturated carbocycles. The molecule has 1 aromatic carbocycles. The molecular weight excluding hydrogens is 326 g/mol. The van der Waals surface area contributed by atoms with Crippen LogP contribution in [-0.2, 0) is 9.53 Å². The third-order valence-electron chi connectivity index (χ3n) is 3.92. The number of methoxy groups -OCH3 is 2. The van der Waals surface area contributed by atoms with E-state index in [4.69, 9.17) is 14.2 Å². The van der Waals surface area contributed by atoms with Crippen molar-refractivity contribution in [2.45, 2.75) is 0 Å². The molecule has 1 aliphatic heterocycles. The highest BCUT2D eigenvalue weighted by atomic mass is 16.5. The van der Waals surface area contributed by atoms with Crippen molar-refractivity contribution in [2.75, 3.05) is 60.2 Å². The van der Waals surface area contributed by atoms with Crippen molar-refractivity contribution in [3.05, 3.63) is 23.8 Å². The zero-order valence-electron chi connectivity index (χ0n) is 14.7. The Labute approximate surface area is 147 Å². The molecule has 0 aromatic heterocycles. The average molecular weight is 351 g/mol. The van der Waals surface area contributed by atoms with E-state index in [1.54, 1.807) is 18.2 Å². The summed E-state index contributed by atoms with van der Waals surface area (Å²) in [4.78, 5) is 26.5. The lowest BCUT2D eigenvalue weighted by Gasteiger charge is -2.26. The number of benzene rings is 1. The number of amides is 2. The molecule has 0 bridgehead atoms. The predicted molar refractivity (Wildman–Crippen MR) is 92.1 cm³/mol. The predicted octanol–water partition coefficient (Wildman–Crippen LogP) is -0.118. The Morgan fingerprint density at radius 2 is 1.76 bits per heavy atom. The monoisotopic (exact) mass is 351 g/mol. The van der Waals surface area contributed by atoms with E-state index in [0.717, 1.165) is 32.8 Å². The van der Waals surface area contributed by atoms with Crippen molar-refractivity contribution in [1.29, 1.82) is 0 Å². The minimum Gasteiger partial charge on any atom is -0.496 e. The molecule has 138 valence electrons. The molecule has 1 aliphatic rings. The first-order valence-corrected chi connectivity index (χ1v) is 8.21. The molecule has 0 radical (unpaired) electrons. The van der Waals surface area contributed by atoms with Crippen LogP contribution in [0.3, 0.4) is 0 Å². The van der Waals surface area contributed by atoms with Crippen LogP contribution in [0, 0.1) is 0 Å². The molecular formula is C17H25N3O5. The number of nitrogens with zero attached hydrogens (tertiary/aromatic N) is 1. The van der Waals surface area contributed by atoms with Gasteiger partial charge in [0.05, 0.1) is 34.0 Å². The van der Waals surface area contributed by atoms with Gasteiger partial charge in [0, 0.05) is 26.2 Å². The highest BCUT2D eigenvalue weighted by molar-refractivity contribution is 6.01. The second-order valence-corrected chi connectivity index (χ2v) is 5.52. The maximum absolute atomic E-state index is 12.4. The standard InChI is InChI=1S/C17H25N3O5/c1-23-13-4-3-5-14(24-2)16(13)17(22)19-12-15(21)18-6-7-20-8-10-25-11-9-20/h3-5H,6-12H2,1-2H3,(H,18,21)(H,19,22). The lowest BCUT2D eigenvalue weighted by molar-refractivity contribution is -0.120. The Bertz CT molecular complexity index is 565. The zero-order chi connectivity index (χ0) is 18.1. The summed E-state index contributed by atoms with van der Waals surface area (Å²) in [5.74, 6) is 0.127. The molecule has 1 heterocycles. The van der Waals surface area contributed by atoms with Crippen LogP contribution in [0.15, 0.2) is 18.2 Å². The van der Waals surface area contributed by atoms with E-state index >= 15 is 0 Å². The minimum atomic E-state index is -0.419. The molecule has 0 aliphatic carbocycles. The number of nitrogens with one attached hydrogen (secondary N) is 2. The smallest absolute Gasteiger partial charge is 0.259 e. The largest absolute Gasteiger partial charge is 0.496 e. The lowest BCUT2D eigenvalue weighted by atomic mass is 10.1. The molecule has 2 rings (SSSR count). The first-order chi connectivity index (χ1) is 12.2. The number of morpholine rings is 1. The molecule has 2 N–H and O–H groups in total. The van der Waals surface area contributed by atoms with Gasteiger partial charge in [-0.15, -0.1) is 0 Å². The highest BCUT2D eigenvalue weighted by Crippen LogP contribution is 2.27. The first-order valence-electron chi connectivity index (χ1n) is 8.21. The molecule has 8 nitrogen and oxygen atoms in total. The maximum Gasteiger partial charge on any atom is 0.259 e. The van der Waals surface area contributed by atoms with Gasteiger partial charge in [0.15, 0.2) is 0 Å². The number of ether oxygens (including phenoxy) is 3. The van der Waals surface area contributed by atoms with Crippen molar-refractivity contribution in [3.8, 4) is 11.5 Å². The van der Waals surface area contributed by atoms with Gasteiger partial charge in [-0.25, -0.2) is 0 Å². The van der Waals surface area contributed by atoms with Gasteiger partial charge < -0.3 is 24.8 Å². The maximum atomic E-state index is 12.4. The van der Waals surface area contributed by atoms with Gasteiger partial charge in [0.2, 0.25) is 5.91 Å². The summed E-state index contributed by atoms with van der Waals surface area (Å²) < 4.78 is 15.7. The lowest BCUT2D eigenvalue weighted by Crippen LogP contribution is -2.43. The Morgan fingerprint density at radius 1 is 1.12 bits per heavy atom. The number of rotatable bonds is 8. The number of hydrogen-bond acceptors (Lipinski definition) is 6. The van der Waals surface area contributed by atoms with Gasteiger partial charge in [0.1, 0.15) is 17.1 Å². The molecule has 1 fully saturated rings. The van der Waals surface area contributed by atoms with Gasteiger partial charge in [0.25, 0.3) is 5.91 Å². The first kappa shape index (κ1) is 19.0. The van der Waals surface area contributed by atoms with Gasteiger partial charge in [-0.05, 0) is 12.1 Å². The van der Waals surface area contributed by atoms with E-state index in [2.05, 4.69) is 15.5 Å². The molecule has 0 spiro atoms. The number of carbonyl (C=O) groups excluding carboxylic acids is 2. The summed E-state index contributed by atoms with van der Waals surface area (Å²) in [7, 11) is 2.95. The Balaban J connectivity index is 1.78. The molecule has 0 unspecified atom stereocenters. The van der Waals surface area contributed by atoms with Crippen LogP contribution in [0.4, 0.5) is 0 Å². The molecule has 1 saturated heterocycles. The van der Waals surface area contributed by atoms with Gasteiger partial charge in [-0.1, -0.05) is 6.07 Å². The van der Waals surface area contributed by atoms with Gasteiger partial charge in [-0.2, -0.15) is 0 Å². The molecule has 8 heteroatoms. The SMILES string of the molecule is COc1cccc(OC)c1C(=O)NCC(=O)NCCN1CCOCC1. The van der Waals surface area contributed by atoms with E-state index in [1.165, 1.54) is 14.2 Å². The highest BCUT2D eigenvalue weighted by Gasteiger charge is 2.18. The zero-order valence-corrected chi connectivity index (χ0v) is 14.7.